The normalized spacial score (nSPS) is 14.2. The SMILES string of the molecule is CC(C)c1nc(CN2C(=O)C(=O)c3ccccc32)cs1. The second-order valence-electron chi connectivity index (χ2n) is 5.07. The second-order valence-corrected chi connectivity index (χ2v) is 5.96. The van der Waals surface area contributed by atoms with Crippen molar-refractivity contribution in [1.82, 2.24) is 4.98 Å². The average Bonchev–Trinajstić information content (AvgIpc) is 3.00. The molecular weight excluding hydrogens is 272 g/mol. The Balaban J connectivity index is 1.91. The predicted molar refractivity (Wildman–Crippen MR) is 78.2 cm³/mol. The summed E-state index contributed by atoms with van der Waals surface area (Å²) in [4.78, 5) is 30.0. The van der Waals surface area contributed by atoms with E-state index in [4.69, 9.17) is 0 Å². The first-order chi connectivity index (χ1) is 9.58. The van der Waals surface area contributed by atoms with Gasteiger partial charge in [-0.25, -0.2) is 4.98 Å². The van der Waals surface area contributed by atoms with Crippen LogP contribution in [0.3, 0.4) is 0 Å². The minimum atomic E-state index is -0.467. The molecule has 2 heterocycles. The quantitative estimate of drug-likeness (QED) is 0.815. The van der Waals surface area contributed by atoms with Gasteiger partial charge >= 0.3 is 0 Å². The third-order valence-corrected chi connectivity index (χ3v) is 4.46. The number of amides is 1. The number of carbonyl (C=O) groups excluding carboxylic acids is 2. The molecule has 1 aliphatic rings. The molecule has 0 radical (unpaired) electrons. The molecule has 3 rings (SSSR count). The Kier molecular flexibility index (Phi) is 3.14. The molecule has 0 atom stereocenters. The van der Waals surface area contributed by atoms with Crippen LogP contribution in [0.5, 0.6) is 0 Å². The summed E-state index contributed by atoms with van der Waals surface area (Å²) in [5, 5.41) is 3.00. The summed E-state index contributed by atoms with van der Waals surface area (Å²) in [5.41, 5.74) is 2.00. The lowest BCUT2D eigenvalue weighted by Gasteiger charge is -2.14. The fourth-order valence-electron chi connectivity index (χ4n) is 2.23. The highest BCUT2D eigenvalue weighted by atomic mass is 32.1. The fourth-order valence-corrected chi connectivity index (χ4v) is 3.05. The lowest BCUT2D eigenvalue weighted by Crippen LogP contribution is -2.29. The Bertz CT molecular complexity index is 691. The summed E-state index contributed by atoms with van der Waals surface area (Å²) in [6.45, 7) is 4.52. The van der Waals surface area contributed by atoms with Gasteiger partial charge in [0.2, 0.25) is 0 Å². The molecule has 5 heteroatoms. The summed E-state index contributed by atoms with van der Waals surface area (Å²) < 4.78 is 0. The van der Waals surface area contributed by atoms with Crippen molar-refractivity contribution in [3.63, 3.8) is 0 Å². The standard InChI is InChI=1S/C15H14N2O2S/c1-9(2)14-16-10(8-20-14)7-17-12-6-4-3-5-11(12)13(18)15(17)19/h3-6,8-9H,7H2,1-2H3. The fraction of sp³-hybridized carbons (Fsp3) is 0.267. The van der Waals surface area contributed by atoms with Gasteiger partial charge in [-0.2, -0.15) is 0 Å². The maximum Gasteiger partial charge on any atom is 0.299 e. The largest absolute Gasteiger partial charge is 0.299 e. The Morgan fingerprint density at radius 2 is 2.00 bits per heavy atom. The minimum Gasteiger partial charge on any atom is -0.299 e. The van der Waals surface area contributed by atoms with E-state index in [-0.39, 0.29) is 0 Å². The monoisotopic (exact) mass is 286 g/mol. The van der Waals surface area contributed by atoms with Crippen LogP contribution >= 0.6 is 11.3 Å². The van der Waals surface area contributed by atoms with E-state index in [0.717, 1.165) is 10.7 Å². The summed E-state index contributed by atoms with van der Waals surface area (Å²) >= 11 is 1.59. The maximum atomic E-state index is 12.1. The molecule has 4 nitrogen and oxygen atoms in total. The second kappa shape index (κ2) is 4.83. The summed E-state index contributed by atoms with van der Waals surface area (Å²) in [6, 6.07) is 7.09. The van der Waals surface area contributed by atoms with E-state index in [1.807, 2.05) is 11.4 Å². The molecule has 1 aromatic heterocycles. The smallest absolute Gasteiger partial charge is 0.299 e. The summed E-state index contributed by atoms with van der Waals surface area (Å²) in [7, 11) is 0. The van der Waals surface area contributed by atoms with Crippen molar-refractivity contribution >= 4 is 28.7 Å². The lowest BCUT2D eigenvalue weighted by molar-refractivity contribution is -0.114. The topological polar surface area (TPSA) is 50.3 Å². The summed E-state index contributed by atoms with van der Waals surface area (Å²) in [5.74, 6) is -0.526. The highest BCUT2D eigenvalue weighted by Gasteiger charge is 2.35. The van der Waals surface area contributed by atoms with Crippen LogP contribution in [0.2, 0.25) is 0 Å². The van der Waals surface area contributed by atoms with Crippen molar-refractivity contribution in [2.24, 2.45) is 0 Å². The van der Waals surface area contributed by atoms with E-state index < -0.39 is 11.7 Å². The van der Waals surface area contributed by atoms with E-state index in [1.54, 1.807) is 29.5 Å². The zero-order valence-corrected chi connectivity index (χ0v) is 12.1. The van der Waals surface area contributed by atoms with Gasteiger partial charge in [-0.3, -0.25) is 14.5 Å². The van der Waals surface area contributed by atoms with Gasteiger partial charge in [0, 0.05) is 11.3 Å². The number of nitrogens with zero attached hydrogens (tertiary/aromatic N) is 2. The van der Waals surface area contributed by atoms with Crippen LogP contribution in [-0.4, -0.2) is 16.7 Å². The summed E-state index contributed by atoms with van der Waals surface area (Å²) in [6.07, 6.45) is 0. The molecule has 0 saturated carbocycles. The van der Waals surface area contributed by atoms with E-state index in [9.17, 15) is 9.59 Å². The van der Waals surface area contributed by atoms with Gasteiger partial charge in [-0.1, -0.05) is 26.0 Å². The molecule has 20 heavy (non-hydrogen) atoms. The number of para-hydroxylation sites is 1. The third kappa shape index (κ3) is 2.04. The number of fused-ring (bicyclic) bond motifs is 1. The first-order valence-electron chi connectivity index (χ1n) is 6.47. The van der Waals surface area contributed by atoms with Gasteiger partial charge in [0.25, 0.3) is 11.7 Å². The van der Waals surface area contributed by atoms with E-state index in [2.05, 4.69) is 18.8 Å². The van der Waals surface area contributed by atoms with Crippen molar-refractivity contribution in [2.75, 3.05) is 4.90 Å². The van der Waals surface area contributed by atoms with E-state index >= 15 is 0 Å². The van der Waals surface area contributed by atoms with Gasteiger partial charge in [-0.15, -0.1) is 11.3 Å². The van der Waals surface area contributed by atoms with E-state index in [1.165, 1.54) is 4.90 Å². The van der Waals surface area contributed by atoms with Gasteiger partial charge in [0.1, 0.15) is 0 Å². The lowest BCUT2D eigenvalue weighted by atomic mass is 10.1. The molecule has 0 unspecified atom stereocenters. The Morgan fingerprint density at radius 1 is 1.25 bits per heavy atom. The van der Waals surface area contributed by atoms with E-state index in [0.29, 0.717) is 23.7 Å². The van der Waals surface area contributed by atoms with Crippen molar-refractivity contribution in [3.8, 4) is 0 Å². The highest BCUT2D eigenvalue weighted by molar-refractivity contribution is 7.09. The highest BCUT2D eigenvalue weighted by Crippen LogP contribution is 2.30. The number of anilines is 1. The van der Waals surface area contributed by atoms with Gasteiger partial charge < -0.3 is 0 Å². The number of hydrogen-bond acceptors (Lipinski definition) is 4. The molecule has 0 aliphatic carbocycles. The molecule has 2 aromatic rings. The van der Waals surface area contributed by atoms with Gasteiger partial charge in [0.05, 0.1) is 28.5 Å². The van der Waals surface area contributed by atoms with Gasteiger partial charge in [0.15, 0.2) is 0 Å². The number of thiazole rings is 1. The maximum absolute atomic E-state index is 12.1. The van der Waals surface area contributed by atoms with Crippen LogP contribution in [0.15, 0.2) is 29.6 Å². The number of ketones is 1. The number of Topliss-reactive ketones (excluding diaryl/α,β-unsaturated/α-hetero) is 1. The first kappa shape index (κ1) is 13.0. The average molecular weight is 286 g/mol. The van der Waals surface area contributed by atoms with Crippen molar-refractivity contribution in [1.29, 1.82) is 0 Å². The van der Waals surface area contributed by atoms with Crippen LogP contribution in [0.4, 0.5) is 5.69 Å². The number of benzene rings is 1. The Morgan fingerprint density at radius 3 is 2.70 bits per heavy atom. The van der Waals surface area contributed by atoms with Crippen LogP contribution in [0, 0.1) is 0 Å². The molecule has 102 valence electrons. The molecular formula is C15H14N2O2S. The molecule has 0 saturated heterocycles. The number of rotatable bonds is 3. The predicted octanol–water partition coefficient (Wildman–Crippen LogP) is 3.00. The first-order valence-corrected chi connectivity index (χ1v) is 7.35. The number of hydrogen-bond donors (Lipinski definition) is 0. The molecule has 0 spiro atoms. The van der Waals surface area contributed by atoms with Crippen molar-refractivity contribution in [2.45, 2.75) is 26.3 Å². The zero-order chi connectivity index (χ0) is 14.3. The van der Waals surface area contributed by atoms with Crippen LogP contribution in [-0.2, 0) is 11.3 Å². The molecule has 1 aromatic carbocycles. The van der Waals surface area contributed by atoms with Crippen LogP contribution in [0.25, 0.3) is 0 Å². The molecule has 1 amide bonds. The molecule has 1 aliphatic heterocycles. The zero-order valence-electron chi connectivity index (χ0n) is 11.3. The molecule has 0 bridgehead atoms. The van der Waals surface area contributed by atoms with Crippen molar-refractivity contribution in [3.05, 3.63) is 45.9 Å². The molecule has 0 N–H and O–H groups in total. The Labute approximate surface area is 121 Å². The van der Waals surface area contributed by atoms with Gasteiger partial charge in [-0.05, 0) is 12.1 Å². The number of aromatic nitrogens is 1. The van der Waals surface area contributed by atoms with Crippen molar-refractivity contribution < 1.29 is 9.59 Å². The minimum absolute atomic E-state index is 0.352. The Hall–Kier alpha value is -2.01. The van der Waals surface area contributed by atoms with Crippen LogP contribution < -0.4 is 4.90 Å². The third-order valence-electron chi connectivity index (χ3n) is 3.26. The number of carbonyl (C=O) groups is 2. The molecule has 0 fully saturated rings. The van der Waals surface area contributed by atoms with Crippen LogP contribution in [0.1, 0.15) is 40.8 Å².